The number of hydrogen-bond acceptors (Lipinski definition) is 3. The second-order valence-electron chi connectivity index (χ2n) is 5.56. The molecule has 1 aliphatic rings. The molecule has 1 N–H and O–H groups in total. The highest BCUT2D eigenvalue weighted by Gasteiger charge is 2.27. The minimum atomic E-state index is -3.63. The molecule has 0 bridgehead atoms. The molecule has 1 saturated carbocycles. The van der Waals surface area contributed by atoms with E-state index in [9.17, 15) is 12.8 Å². The minimum absolute atomic E-state index is 0.113. The fraction of sp³-hybridized carbons (Fsp3) is 0.400. The van der Waals surface area contributed by atoms with Crippen molar-refractivity contribution in [3.8, 4) is 0 Å². The normalized spacial score (nSPS) is 15.2. The molecule has 0 unspecified atom stereocenters. The Bertz CT molecular complexity index is 782. The van der Waals surface area contributed by atoms with Crippen molar-refractivity contribution in [2.24, 2.45) is 0 Å². The summed E-state index contributed by atoms with van der Waals surface area (Å²) in [4.78, 5) is 4.43. The van der Waals surface area contributed by atoms with Gasteiger partial charge in [-0.3, -0.25) is 0 Å². The average Bonchev–Trinajstić information content (AvgIpc) is 3.18. The first-order chi connectivity index (χ1) is 10.5. The lowest BCUT2D eigenvalue weighted by molar-refractivity contribution is 0.567. The zero-order valence-corrected chi connectivity index (χ0v) is 13.1. The first kappa shape index (κ1) is 15.2. The molecular formula is C15H18FN3O2S. The van der Waals surface area contributed by atoms with E-state index < -0.39 is 15.8 Å². The largest absolute Gasteiger partial charge is 0.333 e. The fourth-order valence-electron chi connectivity index (χ4n) is 2.50. The monoisotopic (exact) mass is 323 g/mol. The molecule has 2 aromatic rings. The standard InChI is InChI=1S/C15H18FN3O2S/c1-11-10-13(16)4-5-14(11)22(20,21)18-7-9-19-8-6-17-15(19)12-2-3-12/h4-6,8,10,12,18H,2-3,7,9H2,1H3. The highest BCUT2D eigenvalue weighted by molar-refractivity contribution is 7.89. The van der Waals surface area contributed by atoms with Gasteiger partial charge in [-0.1, -0.05) is 0 Å². The Balaban J connectivity index is 1.66. The van der Waals surface area contributed by atoms with Crippen molar-refractivity contribution in [1.82, 2.24) is 14.3 Å². The average molecular weight is 323 g/mol. The van der Waals surface area contributed by atoms with Crippen LogP contribution in [0.2, 0.25) is 0 Å². The van der Waals surface area contributed by atoms with E-state index in [1.54, 1.807) is 13.1 Å². The summed E-state index contributed by atoms with van der Waals surface area (Å²) in [5, 5.41) is 0. The van der Waals surface area contributed by atoms with Crippen LogP contribution in [0.15, 0.2) is 35.5 Å². The molecule has 0 saturated heterocycles. The van der Waals surface area contributed by atoms with Crippen molar-refractivity contribution in [3.63, 3.8) is 0 Å². The van der Waals surface area contributed by atoms with Gasteiger partial charge in [0.2, 0.25) is 10.0 Å². The van der Waals surface area contributed by atoms with Gasteiger partial charge in [0.25, 0.3) is 0 Å². The molecule has 0 spiro atoms. The molecule has 1 heterocycles. The van der Waals surface area contributed by atoms with E-state index in [0.29, 0.717) is 18.0 Å². The van der Waals surface area contributed by atoms with Crippen LogP contribution >= 0.6 is 0 Å². The quantitative estimate of drug-likeness (QED) is 0.886. The van der Waals surface area contributed by atoms with Crippen molar-refractivity contribution in [1.29, 1.82) is 0 Å². The summed E-state index contributed by atoms with van der Waals surface area (Å²) in [5.74, 6) is 1.10. The maximum Gasteiger partial charge on any atom is 0.240 e. The van der Waals surface area contributed by atoms with Crippen LogP contribution in [0.4, 0.5) is 4.39 Å². The number of nitrogens with one attached hydrogen (secondary N) is 1. The molecule has 7 heteroatoms. The summed E-state index contributed by atoms with van der Waals surface area (Å²) in [6.45, 7) is 2.39. The predicted octanol–water partition coefficient (Wildman–Crippen LogP) is 2.19. The lowest BCUT2D eigenvalue weighted by Crippen LogP contribution is -2.28. The second kappa shape index (κ2) is 5.81. The third kappa shape index (κ3) is 3.20. The van der Waals surface area contributed by atoms with E-state index in [4.69, 9.17) is 0 Å². The smallest absolute Gasteiger partial charge is 0.240 e. The fourth-order valence-corrected chi connectivity index (χ4v) is 3.75. The number of aromatic nitrogens is 2. The van der Waals surface area contributed by atoms with Crippen molar-refractivity contribution in [2.75, 3.05) is 6.54 Å². The van der Waals surface area contributed by atoms with E-state index in [0.717, 1.165) is 24.7 Å². The van der Waals surface area contributed by atoms with Crippen LogP contribution in [-0.2, 0) is 16.6 Å². The van der Waals surface area contributed by atoms with Gasteiger partial charge in [-0.2, -0.15) is 0 Å². The first-order valence-electron chi connectivity index (χ1n) is 7.24. The van der Waals surface area contributed by atoms with E-state index in [2.05, 4.69) is 9.71 Å². The van der Waals surface area contributed by atoms with E-state index in [-0.39, 0.29) is 11.4 Å². The molecule has 22 heavy (non-hydrogen) atoms. The molecule has 118 valence electrons. The molecule has 3 rings (SSSR count). The summed E-state index contributed by atoms with van der Waals surface area (Å²) in [7, 11) is -3.63. The molecule has 1 aromatic carbocycles. The first-order valence-corrected chi connectivity index (χ1v) is 8.72. The van der Waals surface area contributed by atoms with E-state index >= 15 is 0 Å². The number of sulfonamides is 1. The maximum atomic E-state index is 13.1. The highest BCUT2D eigenvalue weighted by Crippen LogP contribution is 2.38. The summed E-state index contributed by atoms with van der Waals surface area (Å²) in [5.41, 5.74) is 0.397. The van der Waals surface area contributed by atoms with Crippen LogP contribution < -0.4 is 4.72 Å². The Morgan fingerprint density at radius 2 is 2.18 bits per heavy atom. The zero-order valence-electron chi connectivity index (χ0n) is 12.3. The third-order valence-corrected chi connectivity index (χ3v) is 5.38. The van der Waals surface area contributed by atoms with Gasteiger partial charge in [0, 0.05) is 31.4 Å². The summed E-state index contributed by atoms with van der Waals surface area (Å²) < 4.78 is 42.2. The molecule has 1 aliphatic carbocycles. The number of aryl methyl sites for hydroxylation is 1. The van der Waals surface area contributed by atoms with Crippen LogP contribution in [0.5, 0.6) is 0 Å². The van der Waals surface area contributed by atoms with Crippen molar-refractivity contribution < 1.29 is 12.8 Å². The Labute approximate surface area is 129 Å². The van der Waals surface area contributed by atoms with Crippen LogP contribution in [-0.4, -0.2) is 24.5 Å². The van der Waals surface area contributed by atoms with Gasteiger partial charge in [-0.25, -0.2) is 22.5 Å². The molecule has 1 aromatic heterocycles. The lowest BCUT2D eigenvalue weighted by Gasteiger charge is -2.11. The number of hydrogen-bond donors (Lipinski definition) is 1. The van der Waals surface area contributed by atoms with Crippen LogP contribution in [0.3, 0.4) is 0 Å². The molecule has 0 radical (unpaired) electrons. The van der Waals surface area contributed by atoms with Gasteiger partial charge in [0.15, 0.2) is 0 Å². The van der Waals surface area contributed by atoms with Crippen LogP contribution in [0.1, 0.15) is 30.1 Å². The van der Waals surface area contributed by atoms with Gasteiger partial charge in [-0.15, -0.1) is 0 Å². The van der Waals surface area contributed by atoms with Gasteiger partial charge in [0.05, 0.1) is 4.90 Å². The van der Waals surface area contributed by atoms with Gasteiger partial charge in [-0.05, 0) is 43.5 Å². The van der Waals surface area contributed by atoms with Crippen LogP contribution in [0, 0.1) is 12.7 Å². The SMILES string of the molecule is Cc1cc(F)ccc1S(=O)(=O)NCCn1ccnc1C1CC1. The Morgan fingerprint density at radius 3 is 2.86 bits per heavy atom. The molecule has 1 fully saturated rings. The second-order valence-corrected chi connectivity index (χ2v) is 7.30. The van der Waals surface area contributed by atoms with Gasteiger partial charge < -0.3 is 4.57 Å². The number of imidazole rings is 1. The summed E-state index contributed by atoms with van der Waals surface area (Å²) >= 11 is 0. The van der Waals surface area contributed by atoms with Gasteiger partial charge >= 0.3 is 0 Å². The van der Waals surface area contributed by atoms with E-state index in [1.165, 1.54) is 12.1 Å². The molecule has 0 aliphatic heterocycles. The predicted molar refractivity (Wildman–Crippen MR) is 80.5 cm³/mol. The molecule has 0 amide bonds. The Kier molecular flexibility index (Phi) is 4.01. The maximum absolute atomic E-state index is 13.1. The highest BCUT2D eigenvalue weighted by atomic mass is 32.2. The van der Waals surface area contributed by atoms with Crippen molar-refractivity contribution in [2.45, 2.75) is 37.1 Å². The lowest BCUT2D eigenvalue weighted by atomic mass is 10.2. The third-order valence-electron chi connectivity index (χ3n) is 3.76. The number of rotatable bonds is 6. The van der Waals surface area contributed by atoms with Crippen molar-refractivity contribution in [3.05, 3.63) is 47.8 Å². The molecular weight excluding hydrogens is 305 g/mol. The zero-order chi connectivity index (χ0) is 15.7. The number of nitrogens with zero attached hydrogens (tertiary/aromatic N) is 2. The molecule has 5 nitrogen and oxygen atoms in total. The summed E-state index contributed by atoms with van der Waals surface area (Å²) in [6, 6.07) is 3.66. The van der Waals surface area contributed by atoms with Crippen LogP contribution in [0.25, 0.3) is 0 Å². The summed E-state index contributed by atoms with van der Waals surface area (Å²) in [6.07, 6.45) is 5.91. The topological polar surface area (TPSA) is 64.0 Å². The van der Waals surface area contributed by atoms with Gasteiger partial charge in [0.1, 0.15) is 11.6 Å². The minimum Gasteiger partial charge on any atom is -0.333 e. The Morgan fingerprint density at radius 1 is 1.41 bits per heavy atom. The number of halogens is 1. The molecule has 0 atom stereocenters. The number of benzene rings is 1. The Hall–Kier alpha value is -1.73. The van der Waals surface area contributed by atoms with E-state index in [1.807, 2.05) is 10.8 Å². The van der Waals surface area contributed by atoms with Crippen molar-refractivity contribution >= 4 is 10.0 Å².